The Kier molecular flexibility index (Phi) is 17.0. The third-order valence-corrected chi connectivity index (χ3v) is 1.39. The van der Waals surface area contributed by atoms with Gasteiger partial charge >= 0.3 is 20.4 Å². The molecule has 0 fully saturated rings. The van der Waals surface area contributed by atoms with Crippen LogP contribution in [0.1, 0.15) is 13.8 Å². The molecule has 0 radical (unpaired) electrons. The topological polar surface area (TPSA) is 120 Å². The number of para-hydroxylation sites is 1. The Labute approximate surface area is 120 Å². The van der Waals surface area contributed by atoms with Gasteiger partial charge in [0.05, 0.1) is 12.1 Å². The molecule has 0 saturated heterocycles. The number of hydrogen-bond acceptors (Lipinski definition) is 6. The van der Waals surface area contributed by atoms with Crippen molar-refractivity contribution in [2.45, 2.75) is 13.8 Å². The summed E-state index contributed by atoms with van der Waals surface area (Å²) in [5.41, 5.74) is 0. The Morgan fingerprint density at radius 3 is 1.72 bits per heavy atom. The van der Waals surface area contributed by atoms with Crippen molar-refractivity contribution in [1.29, 1.82) is 10.5 Å². The molecular weight excluding hydrogens is 350 g/mol. The van der Waals surface area contributed by atoms with Crippen molar-refractivity contribution >= 4 is 7.82 Å². The van der Waals surface area contributed by atoms with Gasteiger partial charge in [-0.05, 0) is 12.1 Å². The first-order chi connectivity index (χ1) is 7.91. The van der Waals surface area contributed by atoms with E-state index >= 15 is 0 Å². The van der Waals surface area contributed by atoms with Crippen LogP contribution in [0.4, 0.5) is 0 Å². The van der Waals surface area contributed by atoms with E-state index in [0.717, 1.165) is 0 Å². The molecular formula is C10H11N2O4PPd. The summed E-state index contributed by atoms with van der Waals surface area (Å²) in [6.07, 6.45) is 0. The third-order valence-electron chi connectivity index (χ3n) is 0.960. The van der Waals surface area contributed by atoms with Crippen molar-refractivity contribution in [3.05, 3.63) is 30.3 Å². The number of benzene rings is 1. The van der Waals surface area contributed by atoms with Gasteiger partial charge in [0, 0.05) is 13.8 Å². The normalized spacial score (nSPS) is 7.67. The van der Waals surface area contributed by atoms with Gasteiger partial charge in [-0.2, -0.15) is 10.5 Å². The zero-order valence-corrected chi connectivity index (χ0v) is 12.1. The van der Waals surface area contributed by atoms with Crippen molar-refractivity contribution in [3.8, 4) is 17.9 Å². The summed E-state index contributed by atoms with van der Waals surface area (Å²) >= 11 is 0. The van der Waals surface area contributed by atoms with Gasteiger partial charge in [0.15, 0.2) is 0 Å². The van der Waals surface area contributed by atoms with Crippen molar-refractivity contribution in [2.75, 3.05) is 0 Å². The molecule has 18 heavy (non-hydrogen) atoms. The fourth-order valence-electron chi connectivity index (χ4n) is 0.610. The standard InChI is InChI=1S/C6H7O4P.2C2H3N.Pd/c7-11(8,9)10-6-4-2-1-3-5-6;2*1-2-3;/h1-5H,(H2,7,8,9);2*1H3;/q;;;+2/p-2. The SMILES string of the molecule is CC#N.CC#N.O=P([O-])([O-])Oc1ccccc1.[Pd+2]. The molecule has 0 saturated carbocycles. The molecule has 0 spiro atoms. The maximum Gasteiger partial charge on any atom is 2.00 e. The van der Waals surface area contributed by atoms with Crippen molar-refractivity contribution in [1.82, 2.24) is 0 Å². The molecule has 0 aliphatic carbocycles. The second kappa shape index (κ2) is 13.9. The minimum Gasteiger partial charge on any atom is -0.780 e. The third kappa shape index (κ3) is 20.3. The van der Waals surface area contributed by atoms with E-state index in [1.807, 2.05) is 0 Å². The molecule has 100 valence electrons. The Bertz CT molecular complexity index is 410. The number of nitriles is 2. The van der Waals surface area contributed by atoms with Gasteiger partial charge in [-0.25, -0.2) is 0 Å². The van der Waals surface area contributed by atoms with Gasteiger partial charge in [0.2, 0.25) is 0 Å². The molecule has 1 aromatic carbocycles. The maximum absolute atomic E-state index is 10.1. The molecule has 0 aliphatic heterocycles. The van der Waals surface area contributed by atoms with Gasteiger partial charge in [0.25, 0.3) is 0 Å². The summed E-state index contributed by atoms with van der Waals surface area (Å²) in [5, 5.41) is 14.6. The summed E-state index contributed by atoms with van der Waals surface area (Å²) in [6, 6.07) is 11.1. The Hall–Kier alpha value is -1.19. The number of rotatable bonds is 2. The van der Waals surface area contributed by atoms with Crippen LogP contribution in [-0.2, 0) is 25.0 Å². The molecule has 0 unspecified atom stereocenters. The van der Waals surface area contributed by atoms with E-state index < -0.39 is 7.82 Å². The van der Waals surface area contributed by atoms with Gasteiger partial charge in [-0.1, -0.05) is 18.2 Å². The quantitative estimate of drug-likeness (QED) is 0.572. The van der Waals surface area contributed by atoms with Crippen LogP contribution < -0.4 is 14.3 Å². The maximum atomic E-state index is 10.1. The van der Waals surface area contributed by atoms with Crippen LogP contribution in [0.25, 0.3) is 0 Å². The Morgan fingerprint density at radius 2 is 1.44 bits per heavy atom. The van der Waals surface area contributed by atoms with Crippen molar-refractivity contribution in [2.24, 2.45) is 0 Å². The minimum absolute atomic E-state index is 0. The zero-order chi connectivity index (χ0) is 13.7. The Balaban J connectivity index is -0.000000276. The molecule has 0 aliphatic rings. The van der Waals surface area contributed by atoms with Crippen LogP contribution in [0.15, 0.2) is 30.3 Å². The number of hydrogen-bond donors (Lipinski definition) is 0. The fourth-order valence-corrected chi connectivity index (χ4v) is 0.990. The van der Waals surface area contributed by atoms with Crippen LogP contribution in [0.5, 0.6) is 5.75 Å². The predicted octanol–water partition coefficient (Wildman–Crippen LogP) is 0.951. The summed E-state index contributed by atoms with van der Waals surface area (Å²) < 4.78 is 14.1. The predicted molar refractivity (Wildman–Crippen MR) is 57.3 cm³/mol. The van der Waals surface area contributed by atoms with Gasteiger partial charge < -0.3 is 18.9 Å². The van der Waals surface area contributed by atoms with E-state index in [1.54, 1.807) is 30.3 Å². The first-order valence-electron chi connectivity index (χ1n) is 4.29. The van der Waals surface area contributed by atoms with Gasteiger partial charge in [-0.3, -0.25) is 0 Å². The summed E-state index contributed by atoms with van der Waals surface area (Å²) in [7, 11) is -4.89. The second-order valence-electron chi connectivity index (χ2n) is 2.30. The fraction of sp³-hybridized carbons (Fsp3) is 0.200. The molecule has 0 heterocycles. The monoisotopic (exact) mass is 360 g/mol. The molecule has 1 aromatic rings. The van der Waals surface area contributed by atoms with Crippen LogP contribution in [0.3, 0.4) is 0 Å². The molecule has 0 amide bonds. The summed E-state index contributed by atoms with van der Waals surface area (Å²) in [4.78, 5) is 20.1. The first kappa shape index (κ1) is 22.0. The van der Waals surface area contributed by atoms with Gasteiger partial charge in [-0.15, -0.1) is 0 Å². The molecule has 6 nitrogen and oxygen atoms in total. The molecule has 1 rings (SSSR count). The van der Waals surface area contributed by atoms with E-state index in [1.165, 1.54) is 26.0 Å². The molecule has 0 atom stereocenters. The van der Waals surface area contributed by atoms with E-state index in [-0.39, 0.29) is 26.2 Å². The smallest absolute Gasteiger partial charge is 0.780 e. The molecule has 0 N–H and O–H groups in total. The first-order valence-corrected chi connectivity index (χ1v) is 5.75. The summed E-state index contributed by atoms with van der Waals surface area (Å²) in [6.45, 7) is 2.86. The molecule has 0 bridgehead atoms. The van der Waals surface area contributed by atoms with E-state index in [4.69, 9.17) is 10.5 Å². The molecule has 0 aromatic heterocycles. The zero-order valence-electron chi connectivity index (χ0n) is 9.68. The number of phosphoric ester groups is 1. The molecule has 8 heteroatoms. The second-order valence-corrected chi connectivity index (χ2v) is 3.38. The number of phosphoric acid groups is 1. The minimum atomic E-state index is -4.89. The van der Waals surface area contributed by atoms with E-state index in [2.05, 4.69) is 4.52 Å². The van der Waals surface area contributed by atoms with Crippen molar-refractivity contribution < 1.29 is 39.3 Å². The van der Waals surface area contributed by atoms with Crippen LogP contribution >= 0.6 is 7.82 Å². The van der Waals surface area contributed by atoms with E-state index in [0.29, 0.717) is 0 Å². The van der Waals surface area contributed by atoms with Gasteiger partial charge in [0.1, 0.15) is 13.6 Å². The van der Waals surface area contributed by atoms with Crippen LogP contribution in [-0.4, -0.2) is 0 Å². The van der Waals surface area contributed by atoms with Crippen LogP contribution in [0.2, 0.25) is 0 Å². The van der Waals surface area contributed by atoms with Crippen LogP contribution in [0, 0.1) is 22.7 Å². The van der Waals surface area contributed by atoms with Crippen molar-refractivity contribution in [3.63, 3.8) is 0 Å². The number of nitrogens with zero attached hydrogens (tertiary/aromatic N) is 2. The average Bonchev–Trinajstić information content (AvgIpc) is 2.19. The van der Waals surface area contributed by atoms with E-state index in [9.17, 15) is 14.4 Å². The average molecular weight is 361 g/mol. The summed E-state index contributed by atoms with van der Waals surface area (Å²) in [5.74, 6) is 0.0424. The Morgan fingerprint density at radius 1 is 1.11 bits per heavy atom. The largest absolute Gasteiger partial charge is 2.00 e.